The smallest absolute Gasteiger partial charge is 0.340 e. The topological polar surface area (TPSA) is 55.4 Å². The zero-order valence-electron chi connectivity index (χ0n) is 13.8. The van der Waals surface area contributed by atoms with Gasteiger partial charge in [-0.1, -0.05) is 42.5 Å². The number of para-hydroxylation sites is 1. The highest BCUT2D eigenvalue weighted by molar-refractivity contribution is 6.07. The molecule has 0 radical (unpaired) electrons. The van der Waals surface area contributed by atoms with Gasteiger partial charge >= 0.3 is 5.97 Å². The molecule has 0 aliphatic carbocycles. The molecule has 0 unspecified atom stereocenters. The summed E-state index contributed by atoms with van der Waals surface area (Å²) in [5.41, 5.74) is 1.61. The van der Waals surface area contributed by atoms with E-state index >= 15 is 0 Å². The first-order valence-corrected chi connectivity index (χ1v) is 8.00. The quantitative estimate of drug-likeness (QED) is 0.693. The Morgan fingerprint density at radius 3 is 2.38 bits per heavy atom. The van der Waals surface area contributed by atoms with Crippen molar-refractivity contribution in [3.8, 4) is 0 Å². The number of anilines is 1. The number of carbonyl (C=O) groups is 2. The molecule has 0 fully saturated rings. The summed E-state index contributed by atoms with van der Waals surface area (Å²) >= 11 is 0. The van der Waals surface area contributed by atoms with Crippen LogP contribution in [0.4, 0.5) is 10.1 Å². The summed E-state index contributed by atoms with van der Waals surface area (Å²) in [7, 11) is 0. The molecule has 4 nitrogen and oxygen atoms in total. The van der Waals surface area contributed by atoms with Gasteiger partial charge in [0.25, 0.3) is 5.91 Å². The van der Waals surface area contributed by atoms with E-state index in [1.807, 2.05) is 6.07 Å². The zero-order valence-corrected chi connectivity index (χ0v) is 13.8. The third-order valence-corrected chi connectivity index (χ3v) is 3.69. The lowest BCUT2D eigenvalue weighted by molar-refractivity contribution is 0.0473. The highest BCUT2D eigenvalue weighted by Crippen LogP contribution is 2.18. The fraction of sp³-hybridized carbons (Fsp3) is 0.0476. The van der Waals surface area contributed by atoms with E-state index in [-0.39, 0.29) is 18.1 Å². The molecular formula is C21H16FNO3. The molecule has 0 saturated heterocycles. The van der Waals surface area contributed by atoms with Crippen LogP contribution in [0.3, 0.4) is 0 Å². The molecule has 0 aliphatic heterocycles. The van der Waals surface area contributed by atoms with Crippen LogP contribution in [0.1, 0.15) is 26.3 Å². The van der Waals surface area contributed by atoms with Crippen molar-refractivity contribution in [2.45, 2.75) is 6.61 Å². The normalized spacial score (nSPS) is 10.2. The van der Waals surface area contributed by atoms with Crippen LogP contribution < -0.4 is 5.32 Å². The molecule has 1 N–H and O–H groups in total. The Kier molecular flexibility index (Phi) is 5.39. The average molecular weight is 349 g/mol. The molecule has 0 aliphatic rings. The molecule has 0 atom stereocenters. The second-order valence-corrected chi connectivity index (χ2v) is 5.57. The summed E-state index contributed by atoms with van der Waals surface area (Å²) in [6.45, 7) is -0.0580. The molecule has 3 aromatic rings. The number of nitrogens with one attached hydrogen (secondary N) is 1. The minimum Gasteiger partial charge on any atom is -0.457 e. The monoisotopic (exact) mass is 349 g/mol. The van der Waals surface area contributed by atoms with Crippen molar-refractivity contribution in [3.05, 3.63) is 101 Å². The van der Waals surface area contributed by atoms with Gasteiger partial charge in [-0.3, -0.25) is 4.79 Å². The van der Waals surface area contributed by atoms with Crippen LogP contribution in [0, 0.1) is 5.82 Å². The summed E-state index contributed by atoms with van der Waals surface area (Å²) < 4.78 is 18.4. The van der Waals surface area contributed by atoms with Gasteiger partial charge in [0.2, 0.25) is 0 Å². The highest BCUT2D eigenvalue weighted by atomic mass is 19.1. The van der Waals surface area contributed by atoms with Crippen LogP contribution >= 0.6 is 0 Å². The van der Waals surface area contributed by atoms with Crippen LogP contribution in [0.5, 0.6) is 0 Å². The molecule has 5 heteroatoms. The van der Waals surface area contributed by atoms with Crippen LogP contribution in [-0.4, -0.2) is 11.9 Å². The number of hydrogen-bond acceptors (Lipinski definition) is 3. The second kappa shape index (κ2) is 8.07. The van der Waals surface area contributed by atoms with E-state index in [1.165, 1.54) is 12.1 Å². The molecule has 0 spiro atoms. The Morgan fingerprint density at radius 2 is 1.62 bits per heavy atom. The maximum Gasteiger partial charge on any atom is 0.340 e. The van der Waals surface area contributed by atoms with Crippen molar-refractivity contribution in [1.29, 1.82) is 0 Å². The third-order valence-electron chi connectivity index (χ3n) is 3.69. The Morgan fingerprint density at radius 1 is 0.885 bits per heavy atom. The molecule has 26 heavy (non-hydrogen) atoms. The predicted molar refractivity (Wildman–Crippen MR) is 96.4 cm³/mol. The molecular weight excluding hydrogens is 333 g/mol. The highest BCUT2D eigenvalue weighted by Gasteiger charge is 2.15. The van der Waals surface area contributed by atoms with Gasteiger partial charge in [-0.05, 0) is 42.0 Å². The van der Waals surface area contributed by atoms with Gasteiger partial charge in [-0.2, -0.15) is 0 Å². The summed E-state index contributed by atoms with van der Waals surface area (Å²) in [4.78, 5) is 24.7. The van der Waals surface area contributed by atoms with Gasteiger partial charge in [-0.15, -0.1) is 0 Å². The number of hydrogen-bond donors (Lipinski definition) is 1. The van der Waals surface area contributed by atoms with Gasteiger partial charge in [0.1, 0.15) is 12.4 Å². The van der Waals surface area contributed by atoms with E-state index < -0.39 is 11.8 Å². The van der Waals surface area contributed by atoms with E-state index in [9.17, 15) is 14.0 Å². The lowest BCUT2D eigenvalue weighted by atomic mass is 10.1. The number of benzene rings is 3. The SMILES string of the molecule is O=C(Nc1ccccc1C(=O)OCc1cccc(F)c1)c1ccccc1. The molecule has 0 aromatic heterocycles. The van der Waals surface area contributed by atoms with Crippen LogP contribution in [-0.2, 0) is 11.3 Å². The van der Waals surface area contributed by atoms with Gasteiger partial charge < -0.3 is 10.1 Å². The van der Waals surface area contributed by atoms with E-state index in [2.05, 4.69) is 5.32 Å². The molecule has 0 bridgehead atoms. The summed E-state index contributed by atoms with van der Waals surface area (Å²) in [5, 5.41) is 2.72. The molecule has 3 aromatic carbocycles. The van der Waals surface area contributed by atoms with Gasteiger partial charge in [0, 0.05) is 5.56 Å². The van der Waals surface area contributed by atoms with Crippen molar-refractivity contribution in [1.82, 2.24) is 0 Å². The lowest BCUT2D eigenvalue weighted by Crippen LogP contribution is -2.15. The van der Waals surface area contributed by atoms with E-state index in [0.29, 0.717) is 16.8 Å². The van der Waals surface area contributed by atoms with Gasteiger partial charge in [0.05, 0.1) is 11.3 Å². The van der Waals surface area contributed by atoms with Crippen LogP contribution in [0.15, 0.2) is 78.9 Å². The molecule has 3 rings (SSSR count). The van der Waals surface area contributed by atoms with Crippen molar-refractivity contribution in [3.63, 3.8) is 0 Å². The molecule has 130 valence electrons. The fourth-order valence-corrected chi connectivity index (χ4v) is 2.41. The van der Waals surface area contributed by atoms with Crippen LogP contribution in [0.25, 0.3) is 0 Å². The average Bonchev–Trinajstić information content (AvgIpc) is 2.67. The predicted octanol–water partition coefficient (Wildman–Crippen LogP) is 4.44. The number of carbonyl (C=O) groups excluding carboxylic acids is 2. The number of esters is 1. The third kappa shape index (κ3) is 4.33. The Balaban J connectivity index is 1.72. The minimum absolute atomic E-state index is 0.0580. The Hall–Kier alpha value is -3.47. The van der Waals surface area contributed by atoms with Gasteiger partial charge in [-0.25, -0.2) is 9.18 Å². The first-order chi connectivity index (χ1) is 12.6. The lowest BCUT2D eigenvalue weighted by Gasteiger charge is -2.11. The van der Waals surface area contributed by atoms with Crippen LogP contribution in [0.2, 0.25) is 0 Å². The summed E-state index contributed by atoms with van der Waals surface area (Å²) in [6, 6.07) is 21.1. The largest absolute Gasteiger partial charge is 0.457 e. The number of rotatable bonds is 5. The van der Waals surface area contributed by atoms with Crippen molar-refractivity contribution >= 4 is 17.6 Å². The maximum atomic E-state index is 13.2. The standard InChI is InChI=1S/C21H16FNO3/c22-17-10-6-7-15(13-17)14-26-21(25)18-11-4-5-12-19(18)23-20(24)16-8-2-1-3-9-16/h1-13H,14H2,(H,23,24). The van der Waals surface area contributed by atoms with Crippen molar-refractivity contribution in [2.24, 2.45) is 0 Å². The minimum atomic E-state index is -0.599. The van der Waals surface area contributed by atoms with E-state index in [0.717, 1.165) is 0 Å². The number of ether oxygens (including phenoxy) is 1. The maximum absolute atomic E-state index is 13.2. The van der Waals surface area contributed by atoms with Crippen molar-refractivity contribution in [2.75, 3.05) is 5.32 Å². The number of halogens is 1. The van der Waals surface area contributed by atoms with E-state index in [4.69, 9.17) is 4.74 Å². The first kappa shape index (κ1) is 17.4. The summed E-state index contributed by atoms with van der Waals surface area (Å²) in [5.74, 6) is -1.32. The van der Waals surface area contributed by atoms with Crippen molar-refractivity contribution < 1.29 is 18.7 Å². The Labute approximate surface area is 150 Å². The first-order valence-electron chi connectivity index (χ1n) is 8.00. The molecule has 1 amide bonds. The zero-order chi connectivity index (χ0) is 18.4. The second-order valence-electron chi connectivity index (χ2n) is 5.57. The molecule has 0 saturated carbocycles. The number of amides is 1. The Bertz CT molecular complexity index is 925. The molecule has 0 heterocycles. The van der Waals surface area contributed by atoms with Gasteiger partial charge in [0.15, 0.2) is 0 Å². The van der Waals surface area contributed by atoms with E-state index in [1.54, 1.807) is 60.7 Å². The fourth-order valence-electron chi connectivity index (χ4n) is 2.41. The summed E-state index contributed by atoms with van der Waals surface area (Å²) in [6.07, 6.45) is 0.